The highest BCUT2D eigenvalue weighted by molar-refractivity contribution is 5.94. The predicted octanol–water partition coefficient (Wildman–Crippen LogP) is 2.57. The molecule has 6 heteroatoms. The molecule has 1 N–H and O–H groups in total. The lowest BCUT2D eigenvalue weighted by Crippen LogP contribution is -2.48. The molecule has 1 unspecified atom stereocenters. The first-order valence-corrected chi connectivity index (χ1v) is 9.00. The lowest BCUT2D eigenvalue weighted by atomic mass is 9.90. The van der Waals surface area contributed by atoms with E-state index < -0.39 is 12.1 Å². The highest BCUT2D eigenvalue weighted by atomic mass is 16.5. The smallest absolute Gasteiger partial charge is 0.334 e. The van der Waals surface area contributed by atoms with Crippen LogP contribution in [0.2, 0.25) is 0 Å². The molecule has 1 aromatic rings. The Morgan fingerprint density at radius 2 is 1.88 bits per heavy atom. The van der Waals surface area contributed by atoms with Crippen molar-refractivity contribution in [1.29, 1.82) is 0 Å². The molecule has 1 aliphatic heterocycles. The van der Waals surface area contributed by atoms with Crippen molar-refractivity contribution < 1.29 is 24.2 Å². The van der Waals surface area contributed by atoms with Crippen LogP contribution in [-0.2, 0) is 9.53 Å². The Morgan fingerprint density at radius 1 is 1.16 bits per heavy atom. The van der Waals surface area contributed by atoms with Crippen molar-refractivity contribution in [2.24, 2.45) is 5.92 Å². The van der Waals surface area contributed by atoms with E-state index in [1.807, 2.05) is 12.1 Å². The molecule has 1 saturated carbocycles. The van der Waals surface area contributed by atoms with E-state index in [1.165, 1.54) is 37.0 Å². The summed E-state index contributed by atoms with van der Waals surface area (Å²) in [7, 11) is 0. The second kappa shape index (κ2) is 8.34. The first-order chi connectivity index (χ1) is 12.1. The fraction of sp³-hybridized carbons (Fsp3) is 0.579. The second-order valence-corrected chi connectivity index (χ2v) is 6.79. The van der Waals surface area contributed by atoms with E-state index in [2.05, 4.69) is 0 Å². The van der Waals surface area contributed by atoms with Crippen LogP contribution in [-0.4, -0.2) is 54.3 Å². The Labute approximate surface area is 147 Å². The molecule has 1 heterocycles. The molecule has 0 bridgehead atoms. The monoisotopic (exact) mass is 347 g/mol. The van der Waals surface area contributed by atoms with Crippen molar-refractivity contribution in [2.75, 3.05) is 26.3 Å². The van der Waals surface area contributed by atoms with Crippen LogP contribution in [0.1, 0.15) is 42.5 Å². The standard InChI is InChI=1S/C19H25NO5/c21-18(20-10-11-24-17(12-20)19(22)23)15-6-8-16(9-7-15)25-13-14-4-2-1-3-5-14/h6-9,14,17H,1-5,10-13H2,(H,22,23). The molecule has 6 nitrogen and oxygen atoms in total. The van der Waals surface area contributed by atoms with Gasteiger partial charge in [-0.05, 0) is 43.0 Å². The first kappa shape index (κ1) is 17.7. The molecule has 25 heavy (non-hydrogen) atoms. The van der Waals surface area contributed by atoms with E-state index >= 15 is 0 Å². The summed E-state index contributed by atoms with van der Waals surface area (Å²) in [6.45, 7) is 1.46. The number of rotatable bonds is 5. The molecule has 1 atom stereocenters. The zero-order valence-corrected chi connectivity index (χ0v) is 14.4. The van der Waals surface area contributed by atoms with Gasteiger partial charge in [0.05, 0.1) is 19.8 Å². The number of carbonyl (C=O) groups is 2. The Hall–Kier alpha value is -2.08. The van der Waals surface area contributed by atoms with E-state index in [1.54, 1.807) is 12.1 Å². The summed E-state index contributed by atoms with van der Waals surface area (Å²) in [6, 6.07) is 7.10. The molecule has 2 fully saturated rings. The van der Waals surface area contributed by atoms with Crippen LogP contribution in [0, 0.1) is 5.92 Å². The quantitative estimate of drug-likeness (QED) is 0.886. The van der Waals surface area contributed by atoms with E-state index in [0.29, 0.717) is 18.0 Å². The average Bonchev–Trinajstić information content (AvgIpc) is 2.67. The van der Waals surface area contributed by atoms with E-state index in [-0.39, 0.29) is 19.1 Å². The number of morpholine rings is 1. The van der Waals surface area contributed by atoms with Gasteiger partial charge in [-0.2, -0.15) is 0 Å². The van der Waals surface area contributed by atoms with Crippen LogP contribution >= 0.6 is 0 Å². The van der Waals surface area contributed by atoms with Crippen molar-refractivity contribution in [2.45, 2.75) is 38.2 Å². The van der Waals surface area contributed by atoms with Gasteiger partial charge in [0.15, 0.2) is 6.10 Å². The molecule has 0 radical (unpaired) electrons. The van der Waals surface area contributed by atoms with Crippen molar-refractivity contribution in [3.63, 3.8) is 0 Å². The van der Waals surface area contributed by atoms with Gasteiger partial charge in [0, 0.05) is 12.1 Å². The molecule has 3 rings (SSSR count). The third kappa shape index (κ3) is 4.72. The zero-order valence-electron chi connectivity index (χ0n) is 14.4. The summed E-state index contributed by atoms with van der Waals surface area (Å²) in [5.41, 5.74) is 0.538. The molecule has 0 aromatic heterocycles. The summed E-state index contributed by atoms with van der Waals surface area (Å²) in [6.07, 6.45) is 5.43. The highest BCUT2D eigenvalue weighted by Crippen LogP contribution is 2.25. The van der Waals surface area contributed by atoms with Gasteiger partial charge >= 0.3 is 5.97 Å². The molecule has 1 aromatic carbocycles. The molecule has 1 saturated heterocycles. The SMILES string of the molecule is O=C(O)C1CN(C(=O)c2ccc(OCC3CCCCC3)cc2)CCO1. The Kier molecular flexibility index (Phi) is 5.91. The fourth-order valence-electron chi connectivity index (χ4n) is 3.43. The van der Waals surface area contributed by atoms with Crippen LogP contribution in [0.25, 0.3) is 0 Å². The number of ether oxygens (including phenoxy) is 2. The summed E-state index contributed by atoms with van der Waals surface area (Å²) >= 11 is 0. The minimum absolute atomic E-state index is 0.0775. The molecule has 2 aliphatic rings. The zero-order chi connectivity index (χ0) is 17.6. The van der Waals surface area contributed by atoms with Crippen LogP contribution in [0.4, 0.5) is 0 Å². The Bertz CT molecular complexity index is 594. The summed E-state index contributed by atoms with van der Waals surface area (Å²) in [4.78, 5) is 25.1. The third-order valence-electron chi connectivity index (χ3n) is 4.94. The fourth-order valence-corrected chi connectivity index (χ4v) is 3.43. The topological polar surface area (TPSA) is 76.1 Å². The summed E-state index contributed by atoms with van der Waals surface area (Å²) in [5, 5.41) is 9.03. The number of carboxylic acids is 1. The molecule has 0 spiro atoms. The van der Waals surface area contributed by atoms with E-state index in [0.717, 1.165) is 12.4 Å². The lowest BCUT2D eigenvalue weighted by Gasteiger charge is -2.31. The maximum atomic E-state index is 12.5. The number of carboxylic acid groups (broad SMARTS) is 1. The third-order valence-corrected chi connectivity index (χ3v) is 4.94. The minimum atomic E-state index is -1.04. The number of carbonyl (C=O) groups excluding carboxylic acids is 1. The number of benzene rings is 1. The normalized spacial score (nSPS) is 21.8. The van der Waals surface area contributed by atoms with Crippen LogP contribution in [0.15, 0.2) is 24.3 Å². The van der Waals surface area contributed by atoms with Gasteiger partial charge in [0.2, 0.25) is 0 Å². The molecule has 136 valence electrons. The maximum Gasteiger partial charge on any atom is 0.334 e. The highest BCUT2D eigenvalue weighted by Gasteiger charge is 2.29. The number of aliphatic carboxylic acids is 1. The van der Waals surface area contributed by atoms with Gasteiger partial charge in [-0.15, -0.1) is 0 Å². The number of nitrogens with zero attached hydrogens (tertiary/aromatic N) is 1. The number of hydrogen-bond acceptors (Lipinski definition) is 4. The van der Waals surface area contributed by atoms with Gasteiger partial charge in [0.25, 0.3) is 5.91 Å². The second-order valence-electron chi connectivity index (χ2n) is 6.79. The van der Waals surface area contributed by atoms with Crippen molar-refractivity contribution in [1.82, 2.24) is 4.90 Å². The maximum absolute atomic E-state index is 12.5. The first-order valence-electron chi connectivity index (χ1n) is 9.00. The lowest BCUT2D eigenvalue weighted by molar-refractivity contribution is -0.154. The van der Waals surface area contributed by atoms with Gasteiger partial charge in [-0.25, -0.2) is 4.79 Å². The average molecular weight is 347 g/mol. The number of hydrogen-bond donors (Lipinski definition) is 1. The van der Waals surface area contributed by atoms with Crippen LogP contribution in [0.3, 0.4) is 0 Å². The largest absolute Gasteiger partial charge is 0.493 e. The molecule has 1 aliphatic carbocycles. The van der Waals surface area contributed by atoms with Crippen molar-refractivity contribution >= 4 is 11.9 Å². The summed E-state index contributed by atoms with van der Waals surface area (Å²) in [5.74, 6) is 0.196. The molecule has 1 amide bonds. The van der Waals surface area contributed by atoms with Gasteiger partial charge in [-0.3, -0.25) is 4.79 Å². The van der Waals surface area contributed by atoms with Gasteiger partial charge in [-0.1, -0.05) is 19.3 Å². The molecular weight excluding hydrogens is 322 g/mol. The summed E-state index contributed by atoms with van der Waals surface area (Å²) < 4.78 is 11.0. The van der Waals surface area contributed by atoms with Gasteiger partial charge < -0.3 is 19.5 Å². The molecular formula is C19H25NO5. The van der Waals surface area contributed by atoms with Crippen molar-refractivity contribution in [3.8, 4) is 5.75 Å². The van der Waals surface area contributed by atoms with Crippen LogP contribution < -0.4 is 4.74 Å². The van der Waals surface area contributed by atoms with E-state index in [4.69, 9.17) is 14.6 Å². The Balaban J connectivity index is 1.54. The minimum Gasteiger partial charge on any atom is -0.493 e. The van der Waals surface area contributed by atoms with Gasteiger partial charge in [0.1, 0.15) is 5.75 Å². The predicted molar refractivity (Wildman–Crippen MR) is 91.8 cm³/mol. The van der Waals surface area contributed by atoms with Crippen molar-refractivity contribution in [3.05, 3.63) is 29.8 Å². The Morgan fingerprint density at radius 3 is 2.56 bits per heavy atom. The van der Waals surface area contributed by atoms with Crippen LogP contribution in [0.5, 0.6) is 5.75 Å². The number of amides is 1. The van der Waals surface area contributed by atoms with E-state index in [9.17, 15) is 9.59 Å².